The molecular formula is C15H21NO. The lowest BCUT2D eigenvalue weighted by Crippen LogP contribution is -2.26. The van der Waals surface area contributed by atoms with Crippen molar-refractivity contribution in [3.8, 4) is 5.75 Å². The van der Waals surface area contributed by atoms with Crippen LogP contribution in [0.2, 0.25) is 0 Å². The maximum absolute atomic E-state index is 5.83. The molecule has 0 spiro atoms. The average molecular weight is 231 g/mol. The molecule has 0 aromatic heterocycles. The van der Waals surface area contributed by atoms with Gasteiger partial charge in [-0.1, -0.05) is 18.6 Å². The largest absolute Gasteiger partial charge is 0.493 e. The first-order valence-corrected chi connectivity index (χ1v) is 6.88. The van der Waals surface area contributed by atoms with Gasteiger partial charge in [0.05, 0.1) is 6.61 Å². The molecule has 2 heteroatoms. The minimum Gasteiger partial charge on any atom is -0.493 e. The summed E-state index contributed by atoms with van der Waals surface area (Å²) in [7, 11) is 0. The quantitative estimate of drug-likeness (QED) is 0.858. The Morgan fingerprint density at radius 1 is 1.18 bits per heavy atom. The summed E-state index contributed by atoms with van der Waals surface area (Å²) >= 11 is 0. The molecule has 1 aromatic rings. The fourth-order valence-corrected chi connectivity index (χ4v) is 2.46. The zero-order chi connectivity index (χ0) is 11.5. The van der Waals surface area contributed by atoms with Crippen LogP contribution in [0.3, 0.4) is 0 Å². The van der Waals surface area contributed by atoms with Gasteiger partial charge in [0.25, 0.3) is 0 Å². The number of ether oxygens (including phenoxy) is 1. The third-order valence-electron chi connectivity index (χ3n) is 3.75. The fraction of sp³-hybridized carbons (Fsp3) is 0.600. The van der Waals surface area contributed by atoms with E-state index < -0.39 is 0 Å². The Labute approximate surface area is 103 Å². The second-order valence-corrected chi connectivity index (χ2v) is 5.33. The third kappa shape index (κ3) is 3.01. The molecule has 92 valence electrons. The summed E-state index contributed by atoms with van der Waals surface area (Å²) in [5, 5.41) is 3.58. The summed E-state index contributed by atoms with van der Waals surface area (Å²) in [4.78, 5) is 0. The zero-order valence-electron chi connectivity index (χ0n) is 10.3. The van der Waals surface area contributed by atoms with Crippen LogP contribution < -0.4 is 10.1 Å². The Bertz CT molecular complexity index is 367. The first-order valence-electron chi connectivity index (χ1n) is 6.88. The number of rotatable bonds is 4. The van der Waals surface area contributed by atoms with Crippen molar-refractivity contribution in [2.45, 2.75) is 38.1 Å². The normalized spacial score (nSPS) is 24.6. The number of hydrogen-bond acceptors (Lipinski definition) is 2. The highest BCUT2D eigenvalue weighted by atomic mass is 16.5. The van der Waals surface area contributed by atoms with Crippen LogP contribution in [-0.2, 0) is 0 Å². The van der Waals surface area contributed by atoms with Gasteiger partial charge < -0.3 is 10.1 Å². The molecule has 2 aliphatic rings. The van der Waals surface area contributed by atoms with Crippen molar-refractivity contribution >= 4 is 0 Å². The van der Waals surface area contributed by atoms with Crippen molar-refractivity contribution in [2.75, 3.05) is 13.2 Å². The lowest BCUT2D eigenvalue weighted by Gasteiger charge is -2.24. The van der Waals surface area contributed by atoms with Crippen molar-refractivity contribution < 1.29 is 4.74 Å². The Kier molecular flexibility index (Phi) is 3.32. The SMILES string of the molecule is c1cc(OCC2CC2)cc(C2CCCCN2)c1. The summed E-state index contributed by atoms with van der Waals surface area (Å²) in [6, 6.07) is 9.16. The average Bonchev–Trinajstić information content (AvgIpc) is 3.22. The van der Waals surface area contributed by atoms with E-state index in [1.807, 2.05) is 0 Å². The van der Waals surface area contributed by atoms with Crippen LogP contribution in [0.4, 0.5) is 0 Å². The van der Waals surface area contributed by atoms with Gasteiger partial charge in [-0.2, -0.15) is 0 Å². The molecule has 1 saturated heterocycles. The van der Waals surface area contributed by atoms with E-state index in [-0.39, 0.29) is 0 Å². The summed E-state index contributed by atoms with van der Waals surface area (Å²) in [5.74, 6) is 1.87. The Balaban J connectivity index is 1.64. The molecule has 3 rings (SSSR count). The molecule has 1 aliphatic carbocycles. The number of piperidine rings is 1. The number of hydrogen-bond donors (Lipinski definition) is 1. The Hall–Kier alpha value is -1.02. The van der Waals surface area contributed by atoms with Crippen LogP contribution >= 0.6 is 0 Å². The minimum absolute atomic E-state index is 0.535. The summed E-state index contributed by atoms with van der Waals surface area (Å²) in [5.41, 5.74) is 1.39. The zero-order valence-corrected chi connectivity index (χ0v) is 10.3. The smallest absolute Gasteiger partial charge is 0.119 e. The van der Waals surface area contributed by atoms with Gasteiger partial charge in [0.2, 0.25) is 0 Å². The van der Waals surface area contributed by atoms with E-state index in [0.717, 1.165) is 24.8 Å². The molecule has 1 aliphatic heterocycles. The molecule has 2 fully saturated rings. The van der Waals surface area contributed by atoms with Gasteiger partial charge in [0.1, 0.15) is 5.75 Å². The fourth-order valence-electron chi connectivity index (χ4n) is 2.46. The van der Waals surface area contributed by atoms with Crippen molar-refractivity contribution in [1.29, 1.82) is 0 Å². The van der Waals surface area contributed by atoms with Gasteiger partial charge in [-0.15, -0.1) is 0 Å². The van der Waals surface area contributed by atoms with Crippen LogP contribution in [-0.4, -0.2) is 13.2 Å². The first kappa shape index (κ1) is 11.1. The molecule has 1 unspecified atom stereocenters. The van der Waals surface area contributed by atoms with Crippen LogP contribution in [0, 0.1) is 5.92 Å². The molecule has 0 radical (unpaired) electrons. The first-order chi connectivity index (χ1) is 8.42. The molecule has 1 heterocycles. The molecule has 1 saturated carbocycles. The Morgan fingerprint density at radius 3 is 2.88 bits per heavy atom. The van der Waals surface area contributed by atoms with E-state index in [1.54, 1.807) is 0 Å². The van der Waals surface area contributed by atoms with Gasteiger partial charge in [-0.05, 0) is 55.8 Å². The van der Waals surface area contributed by atoms with E-state index >= 15 is 0 Å². The van der Waals surface area contributed by atoms with E-state index in [9.17, 15) is 0 Å². The highest BCUT2D eigenvalue weighted by Crippen LogP contribution is 2.30. The highest BCUT2D eigenvalue weighted by Gasteiger charge is 2.22. The molecule has 17 heavy (non-hydrogen) atoms. The van der Waals surface area contributed by atoms with Gasteiger partial charge in [-0.25, -0.2) is 0 Å². The van der Waals surface area contributed by atoms with E-state index in [1.165, 1.54) is 37.7 Å². The maximum Gasteiger partial charge on any atom is 0.119 e. The van der Waals surface area contributed by atoms with Gasteiger partial charge >= 0.3 is 0 Å². The second-order valence-electron chi connectivity index (χ2n) is 5.33. The molecule has 1 aromatic carbocycles. The van der Waals surface area contributed by atoms with E-state index in [2.05, 4.69) is 29.6 Å². The van der Waals surface area contributed by atoms with Crippen molar-refractivity contribution in [2.24, 2.45) is 5.92 Å². The highest BCUT2D eigenvalue weighted by molar-refractivity contribution is 5.30. The predicted octanol–water partition coefficient (Wildman–Crippen LogP) is 3.29. The molecule has 0 amide bonds. The van der Waals surface area contributed by atoms with Crippen LogP contribution in [0.5, 0.6) is 5.75 Å². The van der Waals surface area contributed by atoms with Crippen LogP contribution in [0.25, 0.3) is 0 Å². The molecule has 1 N–H and O–H groups in total. The summed E-state index contributed by atoms with van der Waals surface area (Å²) in [6.45, 7) is 2.05. The van der Waals surface area contributed by atoms with Crippen LogP contribution in [0.1, 0.15) is 43.7 Å². The number of nitrogens with one attached hydrogen (secondary N) is 1. The summed E-state index contributed by atoms with van der Waals surface area (Å²) in [6.07, 6.45) is 6.61. The molecular weight excluding hydrogens is 210 g/mol. The molecule has 0 bridgehead atoms. The molecule has 1 atom stereocenters. The van der Waals surface area contributed by atoms with Crippen molar-refractivity contribution in [3.05, 3.63) is 29.8 Å². The van der Waals surface area contributed by atoms with Crippen molar-refractivity contribution in [3.63, 3.8) is 0 Å². The lowest BCUT2D eigenvalue weighted by atomic mass is 9.97. The van der Waals surface area contributed by atoms with E-state index in [0.29, 0.717) is 6.04 Å². The second kappa shape index (κ2) is 5.09. The van der Waals surface area contributed by atoms with Crippen molar-refractivity contribution in [1.82, 2.24) is 5.32 Å². The third-order valence-corrected chi connectivity index (χ3v) is 3.75. The minimum atomic E-state index is 0.535. The number of benzene rings is 1. The van der Waals surface area contributed by atoms with E-state index in [4.69, 9.17) is 4.74 Å². The lowest BCUT2D eigenvalue weighted by molar-refractivity contribution is 0.298. The monoisotopic (exact) mass is 231 g/mol. The maximum atomic E-state index is 5.83. The van der Waals surface area contributed by atoms with Gasteiger partial charge in [0, 0.05) is 6.04 Å². The standard InChI is InChI=1S/C15H21NO/c1-2-9-16-15(6-1)13-4-3-5-14(10-13)17-11-12-7-8-12/h3-5,10,12,15-16H,1-2,6-9,11H2. The molecule has 2 nitrogen and oxygen atoms in total. The van der Waals surface area contributed by atoms with Gasteiger partial charge in [-0.3, -0.25) is 0 Å². The predicted molar refractivity (Wildman–Crippen MR) is 69.3 cm³/mol. The van der Waals surface area contributed by atoms with Gasteiger partial charge in [0.15, 0.2) is 0 Å². The van der Waals surface area contributed by atoms with Crippen LogP contribution in [0.15, 0.2) is 24.3 Å². The summed E-state index contributed by atoms with van der Waals surface area (Å²) < 4.78 is 5.83. The topological polar surface area (TPSA) is 21.3 Å². The Morgan fingerprint density at radius 2 is 2.12 bits per heavy atom.